The normalized spacial score (nSPS) is 11.2. The fourth-order valence-corrected chi connectivity index (χ4v) is 1.84. The molecule has 0 radical (unpaired) electrons. The van der Waals surface area contributed by atoms with Gasteiger partial charge in [-0.2, -0.15) is 5.11 Å². The lowest BCUT2D eigenvalue weighted by Crippen LogP contribution is -1.83. The van der Waals surface area contributed by atoms with Gasteiger partial charge in [-0.1, -0.05) is 42.5 Å². The second-order valence-electron chi connectivity index (χ2n) is 4.10. The maximum atomic E-state index is 4.20. The Hall–Kier alpha value is -2.62. The molecule has 2 aromatic carbocycles. The molecule has 0 saturated heterocycles. The summed E-state index contributed by atoms with van der Waals surface area (Å²) in [6.45, 7) is 0.555. The number of aromatic nitrogens is 2. The number of azo groups is 1. The highest BCUT2D eigenvalue weighted by atomic mass is 15.1. The molecule has 4 heteroatoms. The fraction of sp³-hybridized carbons (Fsp3) is 0.0667. The van der Waals surface area contributed by atoms with E-state index in [0.29, 0.717) is 12.4 Å². The van der Waals surface area contributed by atoms with Crippen molar-refractivity contribution >= 4 is 16.7 Å². The molecule has 0 N–H and O–H groups in total. The van der Waals surface area contributed by atoms with Crippen molar-refractivity contribution in [2.45, 2.75) is 6.54 Å². The zero-order valence-corrected chi connectivity index (χ0v) is 10.3. The van der Waals surface area contributed by atoms with Gasteiger partial charge in [0.05, 0.1) is 12.1 Å². The van der Waals surface area contributed by atoms with Crippen LogP contribution in [0.1, 0.15) is 5.56 Å². The minimum atomic E-state index is 0.555. The first-order valence-electron chi connectivity index (χ1n) is 6.05. The molecule has 4 nitrogen and oxygen atoms in total. The fourth-order valence-electron chi connectivity index (χ4n) is 1.84. The average Bonchev–Trinajstić information content (AvgIpc) is 2.49. The van der Waals surface area contributed by atoms with Gasteiger partial charge in [-0.3, -0.25) is 0 Å². The summed E-state index contributed by atoms with van der Waals surface area (Å²) < 4.78 is 0. The van der Waals surface area contributed by atoms with Crippen molar-refractivity contribution in [2.75, 3.05) is 0 Å². The molecule has 0 saturated carbocycles. The number of hydrogen-bond donors (Lipinski definition) is 0. The highest BCUT2D eigenvalue weighted by Crippen LogP contribution is 2.21. The molecule has 1 aromatic heterocycles. The third-order valence-corrected chi connectivity index (χ3v) is 2.78. The van der Waals surface area contributed by atoms with Gasteiger partial charge >= 0.3 is 0 Å². The number of nitrogens with zero attached hydrogens (tertiary/aromatic N) is 4. The van der Waals surface area contributed by atoms with Crippen molar-refractivity contribution in [3.8, 4) is 0 Å². The number of para-hydroxylation sites is 1. The lowest BCUT2D eigenvalue weighted by molar-refractivity contribution is 0.947. The van der Waals surface area contributed by atoms with Crippen molar-refractivity contribution in [2.24, 2.45) is 10.2 Å². The van der Waals surface area contributed by atoms with Crippen molar-refractivity contribution in [3.63, 3.8) is 0 Å². The van der Waals surface area contributed by atoms with Gasteiger partial charge in [-0.15, -0.1) is 5.11 Å². The Balaban J connectivity index is 1.85. The topological polar surface area (TPSA) is 50.5 Å². The van der Waals surface area contributed by atoms with Gasteiger partial charge in [0.2, 0.25) is 0 Å². The molecule has 19 heavy (non-hydrogen) atoms. The average molecular weight is 248 g/mol. The molecule has 0 amide bonds. The highest BCUT2D eigenvalue weighted by molar-refractivity contribution is 5.86. The Morgan fingerprint density at radius 1 is 0.842 bits per heavy atom. The summed E-state index contributed by atoms with van der Waals surface area (Å²) in [5.74, 6) is 0.613. The molecule has 1 heterocycles. The summed E-state index contributed by atoms with van der Waals surface area (Å²) in [4.78, 5) is 8.36. The predicted molar refractivity (Wildman–Crippen MR) is 74.2 cm³/mol. The molecule has 0 unspecified atom stereocenters. The largest absolute Gasteiger partial charge is 0.236 e. The highest BCUT2D eigenvalue weighted by Gasteiger charge is 2.00. The molecule has 0 bridgehead atoms. The van der Waals surface area contributed by atoms with Crippen LogP contribution in [0.25, 0.3) is 10.9 Å². The van der Waals surface area contributed by atoms with Gasteiger partial charge in [0.15, 0.2) is 5.82 Å². The van der Waals surface area contributed by atoms with E-state index >= 15 is 0 Å². The second-order valence-corrected chi connectivity index (χ2v) is 4.10. The van der Waals surface area contributed by atoms with E-state index in [0.717, 1.165) is 16.5 Å². The second kappa shape index (κ2) is 5.35. The van der Waals surface area contributed by atoms with Gasteiger partial charge in [0.25, 0.3) is 0 Å². The van der Waals surface area contributed by atoms with E-state index in [1.54, 1.807) is 0 Å². The molecule has 92 valence electrons. The van der Waals surface area contributed by atoms with Crippen LogP contribution in [0.3, 0.4) is 0 Å². The Morgan fingerprint density at radius 2 is 1.63 bits per heavy atom. The number of fused-ring (bicyclic) bond motifs is 1. The summed E-state index contributed by atoms with van der Waals surface area (Å²) in [5.41, 5.74) is 2.01. The Bertz CT molecular complexity index is 702. The predicted octanol–water partition coefficient (Wildman–Crippen LogP) is 3.91. The zero-order chi connectivity index (χ0) is 12.9. The van der Waals surface area contributed by atoms with Crippen molar-refractivity contribution in [1.82, 2.24) is 9.97 Å². The Kier molecular flexibility index (Phi) is 3.23. The standard InChI is InChI=1S/C15H12N4/c1-2-6-12(7-3-1)10-18-19-15-13-8-4-5-9-14(13)16-11-17-15/h1-9,11H,10H2. The molecular formula is C15H12N4. The van der Waals surface area contributed by atoms with Crippen LogP contribution in [-0.4, -0.2) is 9.97 Å². The minimum Gasteiger partial charge on any atom is -0.236 e. The van der Waals surface area contributed by atoms with Gasteiger partial charge in [-0.25, -0.2) is 9.97 Å². The van der Waals surface area contributed by atoms with Crippen LogP contribution in [0.2, 0.25) is 0 Å². The van der Waals surface area contributed by atoms with Crippen LogP contribution in [0, 0.1) is 0 Å². The molecule has 0 spiro atoms. The van der Waals surface area contributed by atoms with E-state index in [2.05, 4.69) is 20.2 Å². The van der Waals surface area contributed by atoms with Crippen LogP contribution in [0.15, 0.2) is 71.2 Å². The number of hydrogen-bond acceptors (Lipinski definition) is 4. The van der Waals surface area contributed by atoms with Gasteiger partial charge in [0.1, 0.15) is 6.33 Å². The lowest BCUT2D eigenvalue weighted by atomic mass is 10.2. The van der Waals surface area contributed by atoms with E-state index < -0.39 is 0 Å². The monoisotopic (exact) mass is 248 g/mol. The van der Waals surface area contributed by atoms with E-state index in [-0.39, 0.29) is 0 Å². The first-order chi connectivity index (χ1) is 9.43. The Morgan fingerprint density at radius 3 is 2.53 bits per heavy atom. The first kappa shape index (κ1) is 11.5. The SMILES string of the molecule is c1ccc(CN=Nc2ncnc3ccccc23)cc1. The summed E-state index contributed by atoms with van der Waals surface area (Å²) in [6.07, 6.45) is 1.51. The summed E-state index contributed by atoms with van der Waals surface area (Å²) >= 11 is 0. The van der Waals surface area contributed by atoms with Gasteiger partial charge in [0, 0.05) is 5.39 Å². The molecule has 0 atom stereocenters. The van der Waals surface area contributed by atoms with E-state index in [1.165, 1.54) is 6.33 Å². The number of benzene rings is 2. The summed E-state index contributed by atoms with van der Waals surface area (Å²) in [7, 11) is 0. The summed E-state index contributed by atoms with van der Waals surface area (Å²) in [5, 5.41) is 9.32. The number of rotatable bonds is 3. The molecule has 0 aliphatic heterocycles. The van der Waals surface area contributed by atoms with Crippen LogP contribution >= 0.6 is 0 Å². The Labute approximate surface area is 110 Å². The molecule has 0 aliphatic carbocycles. The van der Waals surface area contributed by atoms with E-state index in [4.69, 9.17) is 0 Å². The van der Waals surface area contributed by atoms with Crippen molar-refractivity contribution in [3.05, 3.63) is 66.5 Å². The summed E-state index contributed by atoms with van der Waals surface area (Å²) in [6, 6.07) is 17.8. The lowest BCUT2D eigenvalue weighted by Gasteiger charge is -1.98. The van der Waals surface area contributed by atoms with Crippen LogP contribution in [-0.2, 0) is 6.54 Å². The third-order valence-electron chi connectivity index (χ3n) is 2.78. The van der Waals surface area contributed by atoms with Crippen LogP contribution in [0.4, 0.5) is 5.82 Å². The molecule has 3 aromatic rings. The van der Waals surface area contributed by atoms with Crippen LogP contribution < -0.4 is 0 Å². The maximum Gasteiger partial charge on any atom is 0.184 e. The quantitative estimate of drug-likeness (QED) is 0.660. The van der Waals surface area contributed by atoms with E-state index in [1.807, 2.05) is 54.6 Å². The van der Waals surface area contributed by atoms with Gasteiger partial charge in [-0.05, 0) is 17.7 Å². The van der Waals surface area contributed by atoms with Crippen molar-refractivity contribution < 1.29 is 0 Å². The molecule has 3 rings (SSSR count). The van der Waals surface area contributed by atoms with Gasteiger partial charge < -0.3 is 0 Å². The molecule has 0 fully saturated rings. The van der Waals surface area contributed by atoms with Crippen molar-refractivity contribution in [1.29, 1.82) is 0 Å². The van der Waals surface area contributed by atoms with E-state index in [9.17, 15) is 0 Å². The first-order valence-corrected chi connectivity index (χ1v) is 6.05. The smallest absolute Gasteiger partial charge is 0.184 e. The van der Waals surface area contributed by atoms with Crippen LogP contribution in [0.5, 0.6) is 0 Å². The molecule has 0 aliphatic rings. The zero-order valence-electron chi connectivity index (χ0n) is 10.3. The minimum absolute atomic E-state index is 0.555. The third kappa shape index (κ3) is 2.63. The maximum absolute atomic E-state index is 4.20. The molecular weight excluding hydrogens is 236 g/mol.